The second kappa shape index (κ2) is 3.55. The van der Waals surface area contributed by atoms with Crippen LogP contribution in [0.4, 0.5) is 0 Å². The third-order valence-electron chi connectivity index (χ3n) is 2.28. The summed E-state index contributed by atoms with van der Waals surface area (Å²) in [5, 5.41) is 2.14. The fourth-order valence-corrected chi connectivity index (χ4v) is 1.52. The molecule has 0 saturated carbocycles. The summed E-state index contributed by atoms with van der Waals surface area (Å²) in [6.07, 6.45) is 3.64. The number of hydrogen-bond donors (Lipinski definition) is 0. The molecule has 1 aliphatic heterocycles. The van der Waals surface area contributed by atoms with Crippen molar-refractivity contribution in [3.05, 3.63) is 0 Å². The Labute approximate surface area is 69.5 Å². The van der Waals surface area contributed by atoms with Gasteiger partial charge in [-0.05, 0) is 33.1 Å². The molecule has 0 aromatic heterocycles. The van der Waals surface area contributed by atoms with Crippen molar-refractivity contribution in [2.45, 2.75) is 45.6 Å². The molecule has 1 saturated heterocycles. The predicted octanol–water partition coefficient (Wildman–Crippen LogP) is 2.20. The van der Waals surface area contributed by atoms with Crippen LogP contribution in [0, 0.1) is 0 Å². The van der Waals surface area contributed by atoms with Crippen molar-refractivity contribution in [1.82, 2.24) is 5.06 Å². The SMILES string of the molecule is CCCON1CCCC1(C)C. The van der Waals surface area contributed by atoms with Gasteiger partial charge in [0.1, 0.15) is 0 Å². The van der Waals surface area contributed by atoms with Gasteiger partial charge in [-0.25, -0.2) is 0 Å². The molecule has 0 aliphatic carbocycles. The molecule has 2 nitrogen and oxygen atoms in total. The van der Waals surface area contributed by atoms with Crippen LogP contribution in [0.1, 0.15) is 40.0 Å². The van der Waals surface area contributed by atoms with E-state index in [-0.39, 0.29) is 5.54 Å². The normalized spacial score (nSPS) is 24.3. The topological polar surface area (TPSA) is 12.5 Å². The van der Waals surface area contributed by atoms with Gasteiger partial charge in [0.25, 0.3) is 0 Å². The molecule has 11 heavy (non-hydrogen) atoms. The molecule has 66 valence electrons. The second-order valence-corrected chi connectivity index (χ2v) is 3.85. The lowest BCUT2D eigenvalue weighted by molar-refractivity contribution is -0.194. The van der Waals surface area contributed by atoms with Gasteiger partial charge in [0, 0.05) is 12.1 Å². The molecule has 1 rings (SSSR count). The van der Waals surface area contributed by atoms with Gasteiger partial charge < -0.3 is 0 Å². The summed E-state index contributed by atoms with van der Waals surface area (Å²) in [5.74, 6) is 0. The molecule has 1 heterocycles. The molecule has 0 aromatic carbocycles. The summed E-state index contributed by atoms with van der Waals surface area (Å²) < 4.78 is 0. The van der Waals surface area contributed by atoms with Crippen LogP contribution in [0.25, 0.3) is 0 Å². The summed E-state index contributed by atoms with van der Waals surface area (Å²) in [6.45, 7) is 8.60. The maximum Gasteiger partial charge on any atom is 0.0682 e. The highest BCUT2D eigenvalue weighted by molar-refractivity contribution is 4.82. The largest absolute Gasteiger partial charge is 0.298 e. The smallest absolute Gasteiger partial charge is 0.0682 e. The highest BCUT2D eigenvalue weighted by Gasteiger charge is 2.32. The van der Waals surface area contributed by atoms with Gasteiger partial charge in [0.2, 0.25) is 0 Å². The van der Waals surface area contributed by atoms with Gasteiger partial charge in [-0.3, -0.25) is 4.84 Å². The average molecular weight is 157 g/mol. The van der Waals surface area contributed by atoms with E-state index in [9.17, 15) is 0 Å². The lowest BCUT2D eigenvalue weighted by Crippen LogP contribution is -2.38. The summed E-state index contributed by atoms with van der Waals surface area (Å²) in [4.78, 5) is 5.60. The third kappa shape index (κ3) is 2.17. The predicted molar refractivity (Wildman–Crippen MR) is 46.3 cm³/mol. The Kier molecular flexibility index (Phi) is 2.90. The fourth-order valence-electron chi connectivity index (χ4n) is 1.52. The molecule has 0 unspecified atom stereocenters. The molecule has 2 heteroatoms. The maximum absolute atomic E-state index is 5.60. The molecular formula is C9H19NO. The number of nitrogens with zero attached hydrogens (tertiary/aromatic N) is 1. The summed E-state index contributed by atoms with van der Waals surface area (Å²) >= 11 is 0. The van der Waals surface area contributed by atoms with Gasteiger partial charge in [-0.15, -0.1) is 0 Å². The first-order valence-corrected chi connectivity index (χ1v) is 4.57. The van der Waals surface area contributed by atoms with Crippen LogP contribution in [0.5, 0.6) is 0 Å². The van der Waals surface area contributed by atoms with Crippen LogP contribution in [-0.4, -0.2) is 23.8 Å². The first-order valence-electron chi connectivity index (χ1n) is 4.57. The minimum Gasteiger partial charge on any atom is -0.298 e. The number of hydrogen-bond acceptors (Lipinski definition) is 2. The van der Waals surface area contributed by atoms with Gasteiger partial charge in [0.15, 0.2) is 0 Å². The molecule has 0 radical (unpaired) electrons. The van der Waals surface area contributed by atoms with Crippen molar-refractivity contribution in [2.75, 3.05) is 13.2 Å². The Bertz CT molecular complexity index is 123. The molecule has 0 bridgehead atoms. The van der Waals surface area contributed by atoms with Crippen LogP contribution < -0.4 is 0 Å². The maximum atomic E-state index is 5.60. The first kappa shape index (κ1) is 9.01. The number of rotatable bonds is 3. The van der Waals surface area contributed by atoms with Gasteiger partial charge in [-0.2, -0.15) is 5.06 Å². The van der Waals surface area contributed by atoms with Crippen molar-refractivity contribution in [2.24, 2.45) is 0 Å². The lowest BCUT2D eigenvalue weighted by atomic mass is 10.0. The van der Waals surface area contributed by atoms with Crippen molar-refractivity contribution in [1.29, 1.82) is 0 Å². The zero-order valence-electron chi connectivity index (χ0n) is 7.89. The van der Waals surface area contributed by atoms with Crippen LogP contribution in [0.15, 0.2) is 0 Å². The molecule has 0 amide bonds. The van der Waals surface area contributed by atoms with E-state index in [1.54, 1.807) is 0 Å². The van der Waals surface area contributed by atoms with Crippen LogP contribution in [0.3, 0.4) is 0 Å². The van der Waals surface area contributed by atoms with E-state index in [1.807, 2.05) is 0 Å². The quantitative estimate of drug-likeness (QED) is 0.622. The molecular weight excluding hydrogens is 138 g/mol. The second-order valence-electron chi connectivity index (χ2n) is 3.85. The van der Waals surface area contributed by atoms with E-state index in [0.29, 0.717) is 0 Å². The Balaban J connectivity index is 2.32. The molecule has 0 spiro atoms. The molecule has 1 aliphatic rings. The Morgan fingerprint density at radius 1 is 1.45 bits per heavy atom. The zero-order chi connectivity index (χ0) is 8.32. The average Bonchev–Trinajstić information content (AvgIpc) is 2.25. The molecule has 0 N–H and O–H groups in total. The lowest BCUT2D eigenvalue weighted by Gasteiger charge is -2.30. The monoisotopic (exact) mass is 157 g/mol. The van der Waals surface area contributed by atoms with Crippen molar-refractivity contribution >= 4 is 0 Å². The molecule has 1 fully saturated rings. The van der Waals surface area contributed by atoms with Crippen molar-refractivity contribution in [3.63, 3.8) is 0 Å². The van der Waals surface area contributed by atoms with Crippen molar-refractivity contribution < 1.29 is 4.84 Å². The summed E-state index contributed by atoms with van der Waals surface area (Å²) in [6, 6.07) is 0. The van der Waals surface area contributed by atoms with Crippen LogP contribution >= 0.6 is 0 Å². The Morgan fingerprint density at radius 2 is 2.18 bits per heavy atom. The summed E-state index contributed by atoms with van der Waals surface area (Å²) in [5.41, 5.74) is 0.273. The standard InChI is InChI=1S/C9H19NO/c1-4-8-11-10-7-5-6-9(10,2)3/h4-8H2,1-3H3. The van der Waals surface area contributed by atoms with Gasteiger partial charge >= 0.3 is 0 Å². The molecule has 0 atom stereocenters. The van der Waals surface area contributed by atoms with Gasteiger partial charge in [0.05, 0.1) is 6.61 Å². The van der Waals surface area contributed by atoms with E-state index in [1.165, 1.54) is 12.8 Å². The zero-order valence-corrected chi connectivity index (χ0v) is 7.89. The first-order chi connectivity index (χ1) is 5.17. The Morgan fingerprint density at radius 3 is 2.64 bits per heavy atom. The van der Waals surface area contributed by atoms with E-state index >= 15 is 0 Å². The minimum absolute atomic E-state index is 0.273. The molecule has 0 aromatic rings. The van der Waals surface area contributed by atoms with Crippen LogP contribution in [0.2, 0.25) is 0 Å². The summed E-state index contributed by atoms with van der Waals surface area (Å²) in [7, 11) is 0. The van der Waals surface area contributed by atoms with E-state index in [0.717, 1.165) is 19.6 Å². The van der Waals surface area contributed by atoms with Crippen LogP contribution in [-0.2, 0) is 4.84 Å². The van der Waals surface area contributed by atoms with E-state index in [4.69, 9.17) is 4.84 Å². The highest BCUT2D eigenvalue weighted by atomic mass is 16.7. The fraction of sp³-hybridized carbons (Fsp3) is 1.00. The minimum atomic E-state index is 0.273. The van der Waals surface area contributed by atoms with E-state index in [2.05, 4.69) is 25.8 Å². The highest BCUT2D eigenvalue weighted by Crippen LogP contribution is 2.27. The number of hydroxylamine groups is 2. The van der Waals surface area contributed by atoms with Crippen molar-refractivity contribution in [3.8, 4) is 0 Å². The third-order valence-corrected chi connectivity index (χ3v) is 2.28. The Hall–Kier alpha value is -0.0800. The van der Waals surface area contributed by atoms with Gasteiger partial charge in [-0.1, -0.05) is 6.92 Å². The van der Waals surface area contributed by atoms with E-state index < -0.39 is 0 Å².